The minimum atomic E-state index is -0.827. The van der Waals surface area contributed by atoms with Crippen molar-refractivity contribution in [2.45, 2.75) is 46.1 Å². The van der Waals surface area contributed by atoms with Crippen molar-refractivity contribution in [3.8, 4) is 0 Å². The Kier molecular flexibility index (Phi) is 7.54. The van der Waals surface area contributed by atoms with Crippen LogP contribution in [0, 0.1) is 5.92 Å². The zero-order chi connectivity index (χ0) is 13.4. The summed E-state index contributed by atoms with van der Waals surface area (Å²) in [6.07, 6.45) is 1.30. The molecule has 0 saturated heterocycles. The van der Waals surface area contributed by atoms with E-state index in [1.807, 2.05) is 20.8 Å². The number of carboxylic acid groups (broad SMARTS) is 1. The molecule has 100 valence electrons. The van der Waals surface area contributed by atoms with E-state index in [9.17, 15) is 9.59 Å². The smallest absolute Gasteiger partial charge is 0.303 e. The molecule has 1 amide bonds. The van der Waals surface area contributed by atoms with E-state index in [-0.39, 0.29) is 24.3 Å². The van der Waals surface area contributed by atoms with E-state index in [1.165, 1.54) is 0 Å². The predicted molar refractivity (Wildman–Crippen MR) is 66.6 cm³/mol. The van der Waals surface area contributed by atoms with E-state index >= 15 is 0 Å². The third-order valence-electron chi connectivity index (χ3n) is 2.82. The Bertz CT molecular complexity index is 250. The molecule has 1 unspecified atom stereocenters. The van der Waals surface area contributed by atoms with Crippen LogP contribution in [0.5, 0.6) is 0 Å². The first kappa shape index (κ1) is 15.9. The van der Waals surface area contributed by atoms with Gasteiger partial charge in [0, 0.05) is 25.6 Å². The van der Waals surface area contributed by atoms with Crippen LogP contribution in [0.25, 0.3) is 0 Å². The van der Waals surface area contributed by atoms with Gasteiger partial charge in [0.1, 0.15) is 0 Å². The number of aliphatic carboxylic acids is 1. The van der Waals surface area contributed by atoms with Crippen molar-refractivity contribution in [1.29, 1.82) is 0 Å². The molecule has 0 bridgehead atoms. The molecule has 0 rings (SSSR count). The maximum Gasteiger partial charge on any atom is 0.303 e. The van der Waals surface area contributed by atoms with Crippen LogP contribution in [0.4, 0.5) is 0 Å². The van der Waals surface area contributed by atoms with Crippen molar-refractivity contribution in [2.75, 3.05) is 13.1 Å². The van der Waals surface area contributed by atoms with Gasteiger partial charge in [0.2, 0.25) is 5.91 Å². The second-order valence-electron chi connectivity index (χ2n) is 4.46. The summed E-state index contributed by atoms with van der Waals surface area (Å²) in [6, 6.07) is 0.0805. The first-order valence-corrected chi connectivity index (χ1v) is 6.16. The summed E-state index contributed by atoms with van der Waals surface area (Å²) < 4.78 is 0. The third kappa shape index (κ3) is 5.68. The number of nitrogens with two attached hydrogens (primary N) is 1. The summed E-state index contributed by atoms with van der Waals surface area (Å²) in [6.45, 7) is 6.63. The largest absolute Gasteiger partial charge is 0.481 e. The van der Waals surface area contributed by atoms with Crippen LogP contribution >= 0.6 is 0 Å². The zero-order valence-electron chi connectivity index (χ0n) is 11.0. The van der Waals surface area contributed by atoms with Crippen LogP contribution in [-0.4, -0.2) is 41.0 Å². The quantitative estimate of drug-likeness (QED) is 0.669. The monoisotopic (exact) mass is 244 g/mol. The van der Waals surface area contributed by atoms with Crippen molar-refractivity contribution >= 4 is 11.9 Å². The number of rotatable bonds is 8. The third-order valence-corrected chi connectivity index (χ3v) is 2.82. The molecule has 0 aliphatic rings. The van der Waals surface area contributed by atoms with Gasteiger partial charge in [-0.3, -0.25) is 9.59 Å². The van der Waals surface area contributed by atoms with Gasteiger partial charge in [-0.1, -0.05) is 6.92 Å². The fourth-order valence-corrected chi connectivity index (χ4v) is 1.70. The van der Waals surface area contributed by atoms with Gasteiger partial charge >= 0.3 is 5.97 Å². The summed E-state index contributed by atoms with van der Waals surface area (Å²) in [7, 11) is 0. The van der Waals surface area contributed by atoms with Crippen molar-refractivity contribution in [3.05, 3.63) is 0 Å². The maximum atomic E-state index is 12.1. The lowest BCUT2D eigenvalue weighted by atomic mass is 10.0. The van der Waals surface area contributed by atoms with Crippen molar-refractivity contribution < 1.29 is 14.7 Å². The SMILES string of the molecule is CCC(CN)C(=O)N(CCCC(=O)O)C(C)C. The Morgan fingerprint density at radius 2 is 1.94 bits per heavy atom. The van der Waals surface area contributed by atoms with Crippen molar-refractivity contribution in [2.24, 2.45) is 11.7 Å². The predicted octanol–water partition coefficient (Wildman–Crippen LogP) is 1.07. The Morgan fingerprint density at radius 1 is 1.35 bits per heavy atom. The van der Waals surface area contributed by atoms with E-state index in [4.69, 9.17) is 10.8 Å². The van der Waals surface area contributed by atoms with E-state index in [1.54, 1.807) is 4.90 Å². The lowest BCUT2D eigenvalue weighted by Crippen LogP contribution is -2.43. The van der Waals surface area contributed by atoms with Gasteiger partial charge in [0.15, 0.2) is 0 Å². The molecular weight excluding hydrogens is 220 g/mol. The molecule has 3 N–H and O–H groups in total. The summed E-state index contributed by atoms with van der Waals surface area (Å²) in [5.41, 5.74) is 5.56. The summed E-state index contributed by atoms with van der Waals surface area (Å²) in [4.78, 5) is 24.3. The van der Waals surface area contributed by atoms with Crippen LogP contribution in [0.1, 0.15) is 40.0 Å². The molecule has 0 aromatic carbocycles. The highest BCUT2D eigenvalue weighted by Gasteiger charge is 2.23. The Morgan fingerprint density at radius 3 is 2.29 bits per heavy atom. The molecule has 5 heteroatoms. The van der Waals surface area contributed by atoms with Crippen LogP contribution in [0.2, 0.25) is 0 Å². The van der Waals surface area contributed by atoms with Gasteiger partial charge < -0.3 is 15.7 Å². The summed E-state index contributed by atoms with van der Waals surface area (Å²) in [5, 5.41) is 8.58. The van der Waals surface area contributed by atoms with Crippen molar-refractivity contribution in [3.63, 3.8) is 0 Å². The highest BCUT2D eigenvalue weighted by atomic mass is 16.4. The molecule has 5 nitrogen and oxygen atoms in total. The minimum Gasteiger partial charge on any atom is -0.481 e. The number of carbonyl (C=O) groups is 2. The van der Waals surface area contributed by atoms with E-state index in [0.29, 0.717) is 19.5 Å². The standard InChI is InChI=1S/C12H24N2O3/c1-4-10(8-13)12(17)14(9(2)3)7-5-6-11(15)16/h9-10H,4-8,13H2,1-3H3,(H,15,16). The van der Waals surface area contributed by atoms with Gasteiger partial charge in [-0.05, 0) is 26.7 Å². The number of carboxylic acids is 1. The fourth-order valence-electron chi connectivity index (χ4n) is 1.70. The zero-order valence-corrected chi connectivity index (χ0v) is 11.0. The summed E-state index contributed by atoms with van der Waals surface area (Å²) >= 11 is 0. The molecule has 0 aromatic heterocycles. The molecule has 0 aliphatic carbocycles. The molecule has 0 aromatic rings. The second kappa shape index (κ2) is 8.06. The normalized spacial score (nSPS) is 12.5. The number of hydrogen-bond acceptors (Lipinski definition) is 3. The number of carbonyl (C=O) groups excluding carboxylic acids is 1. The molecule has 17 heavy (non-hydrogen) atoms. The average molecular weight is 244 g/mol. The highest BCUT2D eigenvalue weighted by Crippen LogP contribution is 2.11. The number of nitrogens with zero attached hydrogens (tertiary/aromatic N) is 1. The molecule has 0 saturated carbocycles. The first-order valence-electron chi connectivity index (χ1n) is 6.16. The minimum absolute atomic E-state index is 0.0374. The molecular formula is C12H24N2O3. The molecule has 0 spiro atoms. The second-order valence-corrected chi connectivity index (χ2v) is 4.46. The van der Waals surface area contributed by atoms with Gasteiger partial charge in [-0.15, -0.1) is 0 Å². The molecule has 0 fully saturated rings. The fraction of sp³-hybridized carbons (Fsp3) is 0.833. The number of amides is 1. The van der Waals surface area contributed by atoms with Crippen LogP contribution < -0.4 is 5.73 Å². The summed E-state index contributed by atoms with van der Waals surface area (Å²) in [5.74, 6) is -0.940. The van der Waals surface area contributed by atoms with Gasteiger partial charge in [-0.25, -0.2) is 0 Å². The van der Waals surface area contributed by atoms with E-state index < -0.39 is 5.97 Å². The highest BCUT2D eigenvalue weighted by molar-refractivity contribution is 5.79. The number of hydrogen-bond donors (Lipinski definition) is 2. The van der Waals surface area contributed by atoms with Crippen LogP contribution in [0.3, 0.4) is 0 Å². The molecule has 0 radical (unpaired) electrons. The van der Waals surface area contributed by atoms with Crippen molar-refractivity contribution in [1.82, 2.24) is 4.90 Å². The van der Waals surface area contributed by atoms with Crippen LogP contribution in [-0.2, 0) is 9.59 Å². The van der Waals surface area contributed by atoms with E-state index in [0.717, 1.165) is 6.42 Å². The lowest BCUT2D eigenvalue weighted by Gasteiger charge is -2.30. The van der Waals surface area contributed by atoms with E-state index in [2.05, 4.69) is 0 Å². The Hall–Kier alpha value is -1.10. The van der Waals surface area contributed by atoms with Gasteiger partial charge in [0.25, 0.3) is 0 Å². The molecule has 1 atom stereocenters. The van der Waals surface area contributed by atoms with Gasteiger partial charge in [-0.2, -0.15) is 0 Å². The Labute approximate surface area is 103 Å². The Balaban J connectivity index is 4.40. The maximum absolute atomic E-state index is 12.1. The molecule has 0 aliphatic heterocycles. The lowest BCUT2D eigenvalue weighted by molar-refractivity contribution is -0.140. The van der Waals surface area contributed by atoms with Crippen LogP contribution in [0.15, 0.2) is 0 Å². The first-order chi connectivity index (χ1) is 7.93. The van der Waals surface area contributed by atoms with Gasteiger partial charge in [0.05, 0.1) is 5.92 Å². The topological polar surface area (TPSA) is 83.6 Å². The molecule has 0 heterocycles. The average Bonchev–Trinajstić information content (AvgIpc) is 2.25.